The van der Waals surface area contributed by atoms with Gasteiger partial charge in [-0.2, -0.15) is 0 Å². The van der Waals surface area contributed by atoms with Gasteiger partial charge in [-0.05, 0) is 19.6 Å². The molecule has 1 aromatic rings. The Bertz CT molecular complexity index is 415. The van der Waals surface area contributed by atoms with Gasteiger partial charge in [0.1, 0.15) is 5.00 Å². The smallest absolute Gasteiger partial charge is 0.171 e. The van der Waals surface area contributed by atoms with Gasteiger partial charge in [-0.1, -0.05) is 13.3 Å². The molecule has 0 saturated heterocycles. The van der Waals surface area contributed by atoms with E-state index in [0.717, 1.165) is 29.4 Å². The van der Waals surface area contributed by atoms with Crippen LogP contribution in [0.2, 0.25) is 0 Å². The predicted octanol–water partition coefficient (Wildman–Crippen LogP) is 3.88. The molecule has 0 aromatic carbocycles. The number of anilines is 2. The van der Waals surface area contributed by atoms with E-state index in [4.69, 9.17) is 5.73 Å². The SMILES string of the molecule is CCCCN(CC)c1sc(C(C)=O)c(N)c1SC. The van der Waals surface area contributed by atoms with Crippen molar-refractivity contribution in [3.8, 4) is 0 Å². The van der Waals surface area contributed by atoms with Gasteiger partial charge in [-0.3, -0.25) is 4.79 Å². The number of nitrogen functional groups attached to an aromatic ring is 1. The summed E-state index contributed by atoms with van der Waals surface area (Å²) < 4.78 is 0. The highest BCUT2D eigenvalue weighted by molar-refractivity contribution is 7.99. The monoisotopic (exact) mass is 286 g/mol. The van der Waals surface area contributed by atoms with E-state index in [-0.39, 0.29) is 5.78 Å². The third-order valence-electron chi connectivity index (χ3n) is 2.86. The number of unbranched alkanes of at least 4 members (excludes halogenated alkanes) is 1. The highest BCUT2D eigenvalue weighted by atomic mass is 32.2. The van der Waals surface area contributed by atoms with Crippen LogP contribution in [-0.2, 0) is 0 Å². The van der Waals surface area contributed by atoms with Crippen LogP contribution in [0.25, 0.3) is 0 Å². The summed E-state index contributed by atoms with van der Waals surface area (Å²) in [5, 5.41) is 1.15. The van der Waals surface area contributed by atoms with Gasteiger partial charge in [0, 0.05) is 20.0 Å². The molecular weight excluding hydrogens is 264 g/mol. The molecule has 0 radical (unpaired) electrons. The van der Waals surface area contributed by atoms with Crippen molar-refractivity contribution >= 4 is 39.6 Å². The topological polar surface area (TPSA) is 46.3 Å². The molecule has 0 saturated carbocycles. The maximum absolute atomic E-state index is 11.6. The van der Waals surface area contributed by atoms with Crippen molar-refractivity contribution in [3.63, 3.8) is 0 Å². The molecule has 0 atom stereocenters. The number of hydrogen-bond acceptors (Lipinski definition) is 5. The Kier molecular flexibility index (Phi) is 6.02. The normalized spacial score (nSPS) is 10.7. The van der Waals surface area contributed by atoms with Crippen molar-refractivity contribution < 1.29 is 4.79 Å². The number of carbonyl (C=O) groups excluding carboxylic acids is 1. The fourth-order valence-corrected chi connectivity index (χ4v) is 4.00. The lowest BCUT2D eigenvalue weighted by Crippen LogP contribution is -2.23. The fourth-order valence-electron chi connectivity index (χ4n) is 1.84. The largest absolute Gasteiger partial charge is 0.396 e. The molecule has 1 aromatic heterocycles. The molecule has 0 unspecified atom stereocenters. The summed E-state index contributed by atoms with van der Waals surface area (Å²) >= 11 is 3.16. The highest BCUT2D eigenvalue weighted by Crippen LogP contribution is 2.43. The summed E-state index contributed by atoms with van der Waals surface area (Å²) in [6.07, 6.45) is 4.35. The molecule has 0 fully saturated rings. The van der Waals surface area contributed by atoms with E-state index in [1.807, 2.05) is 6.26 Å². The van der Waals surface area contributed by atoms with E-state index < -0.39 is 0 Å². The summed E-state index contributed by atoms with van der Waals surface area (Å²) in [6, 6.07) is 0. The second-order valence-electron chi connectivity index (χ2n) is 4.17. The Hall–Kier alpha value is -0.680. The van der Waals surface area contributed by atoms with Crippen LogP contribution < -0.4 is 10.6 Å². The second-order valence-corrected chi connectivity index (χ2v) is 5.99. The van der Waals surface area contributed by atoms with Crippen LogP contribution >= 0.6 is 23.1 Å². The standard InChI is InChI=1S/C13H22N2OS2/c1-5-7-8-15(6-2)13-12(17-4)10(14)11(18-13)9(3)16/h5-8,14H2,1-4H3. The minimum Gasteiger partial charge on any atom is -0.396 e. The lowest BCUT2D eigenvalue weighted by atomic mass is 10.3. The first-order valence-electron chi connectivity index (χ1n) is 6.28. The van der Waals surface area contributed by atoms with E-state index in [1.165, 1.54) is 17.8 Å². The van der Waals surface area contributed by atoms with Crippen LogP contribution in [0.15, 0.2) is 4.90 Å². The molecule has 0 bridgehead atoms. The van der Waals surface area contributed by atoms with Gasteiger partial charge in [0.15, 0.2) is 5.78 Å². The molecule has 0 aliphatic heterocycles. The quantitative estimate of drug-likeness (QED) is 0.610. The number of rotatable bonds is 7. The third-order valence-corrected chi connectivity index (χ3v) is 5.17. The van der Waals surface area contributed by atoms with Crippen LogP contribution in [-0.4, -0.2) is 25.1 Å². The number of carbonyl (C=O) groups is 1. The van der Waals surface area contributed by atoms with Crippen molar-refractivity contribution in [3.05, 3.63) is 4.88 Å². The van der Waals surface area contributed by atoms with E-state index in [1.54, 1.807) is 18.7 Å². The number of nitrogens with two attached hydrogens (primary N) is 1. The van der Waals surface area contributed by atoms with Crippen molar-refractivity contribution in [2.45, 2.75) is 38.5 Å². The van der Waals surface area contributed by atoms with E-state index in [2.05, 4.69) is 18.7 Å². The molecule has 1 heterocycles. The molecule has 0 spiro atoms. The first kappa shape index (κ1) is 15.4. The minimum absolute atomic E-state index is 0.0607. The molecular formula is C13H22N2OS2. The molecule has 2 N–H and O–H groups in total. The zero-order valence-corrected chi connectivity index (χ0v) is 13.2. The van der Waals surface area contributed by atoms with Gasteiger partial charge in [-0.25, -0.2) is 0 Å². The molecule has 18 heavy (non-hydrogen) atoms. The van der Waals surface area contributed by atoms with Crippen molar-refractivity contribution in [1.82, 2.24) is 0 Å². The molecule has 0 aliphatic carbocycles. The zero-order valence-electron chi connectivity index (χ0n) is 11.6. The average Bonchev–Trinajstić information content (AvgIpc) is 2.67. The molecule has 0 aliphatic rings. The molecule has 3 nitrogen and oxygen atoms in total. The van der Waals surface area contributed by atoms with Crippen LogP contribution in [0.4, 0.5) is 10.7 Å². The lowest BCUT2D eigenvalue weighted by molar-refractivity contribution is 0.102. The summed E-state index contributed by atoms with van der Waals surface area (Å²) in [4.78, 5) is 15.7. The molecule has 102 valence electrons. The van der Waals surface area contributed by atoms with Gasteiger partial charge in [0.25, 0.3) is 0 Å². The van der Waals surface area contributed by atoms with Crippen LogP contribution in [0.3, 0.4) is 0 Å². The van der Waals surface area contributed by atoms with Gasteiger partial charge < -0.3 is 10.6 Å². The number of thiophene rings is 1. The zero-order chi connectivity index (χ0) is 13.7. The van der Waals surface area contributed by atoms with Gasteiger partial charge >= 0.3 is 0 Å². The summed E-state index contributed by atoms with van der Waals surface area (Å²) in [5.41, 5.74) is 6.74. The summed E-state index contributed by atoms with van der Waals surface area (Å²) in [5.74, 6) is 0.0607. The van der Waals surface area contributed by atoms with E-state index in [0.29, 0.717) is 10.6 Å². The average molecular weight is 286 g/mol. The van der Waals surface area contributed by atoms with Gasteiger partial charge in [0.05, 0.1) is 15.5 Å². The molecule has 5 heteroatoms. The fraction of sp³-hybridized carbons (Fsp3) is 0.615. The first-order chi connectivity index (χ1) is 8.56. The minimum atomic E-state index is 0.0607. The summed E-state index contributed by atoms with van der Waals surface area (Å²) in [7, 11) is 0. The van der Waals surface area contributed by atoms with Gasteiger partial charge in [-0.15, -0.1) is 23.1 Å². The Morgan fingerprint density at radius 3 is 2.56 bits per heavy atom. The van der Waals surface area contributed by atoms with Crippen LogP contribution in [0.5, 0.6) is 0 Å². The molecule has 1 rings (SSSR count). The van der Waals surface area contributed by atoms with Crippen molar-refractivity contribution in [2.24, 2.45) is 0 Å². The second kappa shape index (κ2) is 7.04. The Balaban J connectivity index is 3.12. The molecule has 0 amide bonds. The number of thioether (sulfide) groups is 1. The van der Waals surface area contributed by atoms with E-state index in [9.17, 15) is 4.79 Å². The number of ketones is 1. The number of hydrogen-bond donors (Lipinski definition) is 1. The van der Waals surface area contributed by atoms with Crippen molar-refractivity contribution in [2.75, 3.05) is 30.0 Å². The predicted molar refractivity (Wildman–Crippen MR) is 83.3 cm³/mol. The summed E-state index contributed by atoms with van der Waals surface area (Å²) in [6.45, 7) is 7.89. The van der Waals surface area contributed by atoms with E-state index >= 15 is 0 Å². The Labute approximate surface area is 118 Å². The lowest BCUT2D eigenvalue weighted by Gasteiger charge is -2.22. The highest BCUT2D eigenvalue weighted by Gasteiger charge is 2.21. The number of nitrogens with zero attached hydrogens (tertiary/aromatic N) is 1. The Morgan fingerprint density at radius 2 is 2.11 bits per heavy atom. The maximum atomic E-state index is 11.6. The first-order valence-corrected chi connectivity index (χ1v) is 8.32. The Morgan fingerprint density at radius 1 is 1.44 bits per heavy atom. The maximum Gasteiger partial charge on any atom is 0.171 e. The van der Waals surface area contributed by atoms with Gasteiger partial charge in [0.2, 0.25) is 0 Å². The van der Waals surface area contributed by atoms with Crippen molar-refractivity contribution in [1.29, 1.82) is 0 Å². The number of Topliss-reactive ketones (excluding diaryl/α,β-unsaturated/α-hetero) is 1. The third kappa shape index (κ3) is 3.20. The van der Waals surface area contributed by atoms with Crippen LogP contribution in [0.1, 0.15) is 43.3 Å². The van der Waals surface area contributed by atoms with Crippen LogP contribution in [0, 0.1) is 0 Å².